The Hall–Kier alpha value is -3.73. The van der Waals surface area contributed by atoms with Gasteiger partial charge in [-0.05, 0) is 53.9 Å². The topological polar surface area (TPSA) is 195 Å². The van der Waals surface area contributed by atoms with Crippen LogP contribution in [0.5, 0.6) is 5.75 Å². The number of hydrogen-bond donors (Lipinski definition) is 5. The lowest BCUT2D eigenvalue weighted by Crippen LogP contribution is -2.51. The molecule has 6 N–H and O–H groups in total. The minimum atomic E-state index is -2.12. The molecule has 3 aromatic carbocycles. The highest BCUT2D eigenvalue weighted by molar-refractivity contribution is 6.30. The van der Waals surface area contributed by atoms with Crippen LogP contribution < -0.4 is 15.6 Å². The number of aliphatic hydroxyl groups excluding tert-OH is 3. The number of halogens is 3. The first-order valence-electron chi connectivity index (χ1n) is 16.1. The van der Waals surface area contributed by atoms with Crippen LogP contribution >= 0.6 is 11.6 Å². The Kier molecular flexibility index (Phi) is 12.5. The number of carboxylic acid groups (broad SMARTS) is 1. The van der Waals surface area contributed by atoms with E-state index in [9.17, 15) is 19.8 Å². The molecule has 2 atom stereocenters. The molecule has 278 valence electrons. The summed E-state index contributed by atoms with van der Waals surface area (Å²) in [6.07, 6.45) is -0.300. The molecule has 2 heterocycles. The monoisotopic (exact) mass is 735 g/mol. The second kappa shape index (κ2) is 15.9. The Morgan fingerprint density at radius 1 is 1.06 bits per heavy atom. The Balaban J connectivity index is 0.000000652. The number of aromatic carboxylic acids is 1. The first-order valence-corrected chi connectivity index (χ1v) is 16.5. The molecule has 1 saturated heterocycles. The van der Waals surface area contributed by atoms with E-state index in [2.05, 4.69) is 0 Å². The number of carboxylic acids is 1. The van der Waals surface area contributed by atoms with E-state index in [1.54, 1.807) is 31.2 Å². The number of rotatable bonds is 12. The molecule has 2 aliphatic heterocycles. The maximum atomic E-state index is 16.5. The summed E-state index contributed by atoms with van der Waals surface area (Å²) in [5, 5.41) is 49.2. The summed E-state index contributed by atoms with van der Waals surface area (Å²) in [6.45, 7) is 0.221. The SMILES string of the molecule is CC[C@@](O)(c1cc(F)c2c(c1)C(=O)N(Cc1ccc(OC)cc1C(=O)[O-])[C@@]2(OC)c1ccc(Cl)cc1)C1(F)CCOCC1.NC(CO)(CO)CO. The maximum absolute atomic E-state index is 16.5. The van der Waals surface area contributed by atoms with Crippen LogP contribution in [0.3, 0.4) is 0 Å². The second-order valence-corrected chi connectivity index (χ2v) is 13.0. The summed E-state index contributed by atoms with van der Waals surface area (Å²) in [4.78, 5) is 27.5. The van der Waals surface area contributed by atoms with Gasteiger partial charge in [-0.3, -0.25) is 9.69 Å². The van der Waals surface area contributed by atoms with E-state index in [0.717, 1.165) is 6.07 Å². The number of ether oxygens (including phenoxy) is 3. The van der Waals surface area contributed by atoms with Crippen LogP contribution in [0, 0.1) is 5.82 Å². The molecule has 0 saturated carbocycles. The number of fused-ring (bicyclic) bond motifs is 1. The van der Waals surface area contributed by atoms with Gasteiger partial charge in [0.2, 0.25) is 0 Å². The summed E-state index contributed by atoms with van der Waals surface area (Å²) in [6, 6.07) is 12.9. The molecule has 1 amide bonds. The van der Waals surface area contributed by atoms with Crippen LogP contribution in [-0.2, 0) is 27.3 Å². The zero-order valence-corrected chi connectivity index (χ0v) is 29.2. The van der Waals surface area contributed by atoms with Gasteiger partial charge in [0, 0.05) is 49.3 Å². The first kappa shape index (κ1) is 40.0. The highest BCUT2D eigenvalue weighted by Crippen LogP contribution is 2.51. The molecule has 0 aliphatic carbocycles. The summed E-state index contributed by atoms with van der Waals surface area (Å²) >= 11 is 6.14. The number of amides is 1. The maximum Gasteiger partial charge on any atom is 0.257 e. The fourth-order valence-electron chi connectivity index (χ4n) is 6.49. The molecule has 12 nitrogen and oxygen atoms in total. The van der Waals surface area contributed by atoms with Crippen molar-refractivity contribution in [3.63, 3.8) is 0 Å². The van der Waals surface area contributed by atoms with E-state index in [1.807, 2.05) is 0 Å². The van der Waals surface area contributed by atoms with E-state index >= 15 is 8.78 Å². The number of benzene rings is 3. The zero-order valence-electron chi connectivity index (χ0n) is 28.5. The normalized spacial score (nSPS) is 19.5. The van der Waals surface area contributed by atoms with Gasteiger partial charge in [0.1, 0.15) is 22.8 Å². The lowest BCUT2D eigenvalue weighted by atomic mass is 9.72. The van der Waals surface area contributed by atoms with Crippen LogP contribution in [-0.4, -0.2) is 95.7 Å². The quantitative estimate of drug-likeness (QED) is 0.183. The Morgan fingerprint density at radius 2 is 1.67 bits per heavy atom. The molecule has 0 spiro atoms. The van der Waals surface area contributed by atoms with Crippen molar-refractivity contribution in [1.29, 1.82) is 0 Å². The van der Waals surface area contributed by atoms with Gasteiger partial charge in [-0.15, -0.1) is 0 Å². The standard InChI is InChI=1S/C32H32ClF2NO7.C4H11NO3/c1-4-31(40,30(35)11-13-43-14-12-30)21-15-25-27(26(34)16-21)32(42-3,20-6-8-22(33)9-7-20)36(28(25)37)18-19-5-10-23(41-2)17-24(19)29(38)39;5-4(1-6,2-7)3-8/h5-10,15-17,40H,4,11-14,18H2,1-3H3,(H,38,39);6-8H,1-3,5H2/p-1/t31-,32-;/m1./s1. The number of carbonyl (C=O) groups is 2. The Labute approximate surface area is 298 Å². The average molecular weight is 736 g/mol. The van der Waals surface area contributed by atoms with E-state index in [-0.39, 0.29) is 72.6 Å². The molecule has 51 heavy (non-hydrogen) atoms. The predicted molar refractivity (Wildman–Crippen MR) is 179 cm³/mol. The van der Waals surface area contributed by atoms with Crippen molar-refractivity contribution in [2.75, 3.05) is 47.3 Å². The number of nitrogens with zero attached hydrogens (tertiary/aromatic N) is 1. The van der Waals surface area contributed by atoms with Crippen LogP contribution in [0.4, 0.5) is 8.78 Å². The van der Waals surface area contributed by atoms with Crippen LogP contribution in [0.15, 0.2) is 54.6 Å². The van der Waals surface area contributed by atoms with Gasteiger partial charge in [-0.1, -0.05) is 36.7 Å². The van der Waals surface area contributed by atoms with Crippen LogP contribution in [0.1, 0.15) is 69.2 Å². The molecule has 0 unspecified atom stereocenters. The first-order chi connectivity index (χ1) is 24.1. The predicted octanol–water partition coefficient (Wildman–Crippen LogP) is 2.13. The molecule has 1 fully saturated rings. The highest BCUT2D eigenvalue weighted by atomic mass is 35.5. The van der Waals surface area contributed by atoms with Crippen molar-refractivity contribution in [3.8, 4) is 5.75 Å². The molecule has 15 heteroatoms. The summed E-state index contributed by atoms with van der Waals surface area (Å²) in [7, 11) is 2.68. The third kappa shape index (κ3) is 7.32. The molecule has 3 aromatic rings. The molecule has 2 aliphatic rings. The number of methoxy groups -OCH3 is 2. The largest absolute Gasteiger partial charge is 0.545 e. The number of aliphatic hydroxyl groups is 4. The van der Waals surface area contributed by atoms with Gasteiger partial charge in [-0.2, -0.15) is 0 Å². The number of alkyl halides is 1. The van der Waals surface area contributed by atoms with Crippen molar-refractivity contribution in [2.24, 2.45) is 5.73 Å². The van der Waals surface area contributed by atoms with E-state index in [4.69, 9.17) is 46.9 Å². The summed E-state index contributed by atoms with van der Waals surface area (Å²) in [5.74, 6) is -2.86. The van der Waals surface area contributed by atoms with Gasteiger partial charge in [0.05, 0.1) is 56.1 Å². The van der Waals surface area contributed by atoms with E-state index < -0.39 is 60.0 Å². The van der Waals surface area contributed by atoms with E-state index in [1.165, 1.54) is 43.4 Å². The molecule has 0 radical (unpaired) electrons. The zero-order chi connectivity index (χ0) is 37.8. The van der Waals surface area contributed by atoms with Crippen LogP contribution in [0.2, 0.25) is 5.02 Å². The van der Waals surface area contributed by atoms with Gasteiger partial charge in [0.15, 0.2) is 5.72 Å². The van der Waals surface area contributed by atoms with Crippen molar-refractivity contribution in [2.45, 2.75) is 55.3 Å². The third-order valence-electron chi connectivity index (χ3n) is 9.64. The van der Waals surface area contributed by atoms with Gasteiger partial charge < -0.3 is 50.3 Å². The molecular weight excluding hydrogens is 694 g/mol. The highest BCUT2D eigenvalue weighted by Gasteiger charge is 2.57. The third-order valence-corrected chi connectivity index (χ3v) is 9.89. The van der Waals surface area contributed by atoms with Crippen molar-refractivity contribution in [3.05, 3.63) is 98.8 Å². The second-order valence-electron chi connectivity index (χ2n) is 12.6. The van der Waals surface area contributed by atoms with Crippen molar-refractivity contribution < 1.29 is 58.1 Å². The number of nitrogens with two attached hydrogens (primary N) is 1. The Morgan fingerprint density at radius 3 is 2.16 bits per heavy atom. The smallest absolute Gasteiger partial charge is 0.257 e. The minimum absolute atomic E-state index is 0.0882. The minimum Gasteiger partial charge on any atom is -0.545 e. The lowest BCUT2D eigenvalue weighted by molar-refractivity contribution is -0.255. The number of hydrogen-bond acceptors (Lipinski definition) is 11. The summed E-state index contributed by atoms with van der Waals surface area (Å²) < 4.78 is 49.2. The fourth-order valence-corrected chi connectivity index (χ4v) is 6.62. The Bertz CT molecular complexity index is 1710. The molecule has 0 aromatic heterocycles. The van der Waals surface area contributed by atoms with Gasteiger partial charge in [-0.25, -0.2) is 8.78 Å². The molecular formula is C36H42ClF2N2O10-. The number of carbonyl (C=O) groups excluding carboxylic acids is 2. The fraction of sp³-hybridized carbons (Fsp3) is 0.444. The van der Waals surface area contributed by atoms with E-state index in [0.29, 0.717) is 10.6 Å². The van der Waals surface area contributed by atoms with Gasteiger partial charge in [0.25, 0.3) is 5.91 Å². The molecule has 5 rings (SSSR count). The summed E-state index contributed by atoms with van der Waals surface area (Å²) in [5.41, 5.74) is -2.31. The lowest BCUT2D eigenvalue weighted by Gasteiger charge is -2.44. The van der Waals surface area contributed by atoms with Crippen molar-refractivity contribution >= 4 is 23.5 Å². The van der Waals surface area contributed by atoms with Gasteiger partial charge >= 0.3 is 0 Å². The van der Waals surface area contributed by atoms with Crippen molar-refractivity contribution in [1.82, 2.24) is 4.90 Å². The average Bonchev–Trinajstić information content (AvgIpc) is 3.39. The van der Waals surface area contributed by atoms with Crippen LogP contribution in [0.25, 0.3) is 0 Å². The molecule has 0 bridgehead atoms.